The fourth-order valence-corrected chi connectivity index (χ4v) is 1.28. The van der Waals surface area contributed by atoms with E-state index < -0.39 is 0 Å². The first kappa shape index (κ1) is 12.0. The molecule has 1 aromatic rings. The van der Waals surface area contributed by atoms with Crippen molar-refractivity contribution in [2.24, 2.45) is 0 Å². The third-order valence-electron chi connectivity index (χ3n) is 2.08. The molecule has 0 bridgehead atoms. The topological polar surface area (TPSA) is 34.1 Å². The van der Waals surface area contributed by atoms with E-state index in [-0.39, 0.29) is 6.10 Å². The molecular formula is C12H20N2O. The Kier molecular flexibility index (Phi) is 5.12. The van der Waals surface area contributed by atoms with Crippen LogP contribution in [0.3, 0.4) is 0 Å². The first-order valence-corrected chi connectivity index (χ1v) is 5.52. The molecule has 0 saturated heterocycles. The Morgan fingerprint density at radius 1 is 1.47 bits per heavy atom. The summed E-state index contributed by atoms with van der Waals surface area (Å²) in [5.74, 6) is 0.839. The van der Waals surface area contributed by atoms with Gasteiger partial charge in [0.05, 0.1) is 6.20 Å². The Balaban J connectivity index is 2.31. The van der Waals surface area contributed by atoms with Gasteiger partial charge >= 0.3 is 0 Å². The van der Waals surface area contributed by atoms with Crippen molar-refractivity contribution in [3.8, 4) is 5.75 Å². The molecule has 0 amide bonds. The van der Waals surface area contributed by atoms with E-state index in [1.165, 1.54) is 0 Å². The first-order chi connectivity index (χ1) is 7.22. The Labute approximate surface area is 91.9 Å². The summed E-state index contributed by atoms with van der Waals surface area (Å²) < 4.78 is 5.69. The second-order valence-corrected chi connectivity index (χ2v) is 3.77. The van der Waals surface area contributed by atoms with E-state index in [1.54, 1.807) is 6.20 Å². The number of nitrogens with one attached hydrogen (secondary N) is 1. The molecule has 1 rings (SSSR count). The predicted octanol–water partition coefficient (Wildman–Crippen LogP) is 2.16. The molecule has 84 valence electrons. The number of hydrogen-bond donors (Lipinski definition) is 1. The maximum absolute atomic E-state index is 5.69. The van der Waals surface area contributed by atoms with Crippen LogP contribution in [0.25, 0.3) is 0 Å². The molecule has 1 heterocycles. The third-order valence-corrected chi connectivity index (χ3v) is 2.08. The molecule has 0 aliphatic rings. The molecule has 0 spiro atoms. The molecule has 0 aliphatic heterocycles. The van der Waals surface area contributed by atoms with E-state index in [9.17, 15) is 0 Å². The van der Waals surface area contributed by atoms with Crippen molar-refractivity contribution in [3.05, 3.63) is 24.0 Å². The Morgan fingerprint density at radius 3 is 2.87 bits per heavy atom. The standard InChI is InChI=1S/C12H20N2O/c1-4-7-13-8-11(3)15-12-6-5-10(2)14-9-12/h5-6,9,11,13H,4,7-8H2,1-3H3. The average molecular weight is 208 g/mol. The summed E-state index contributed by atoms with van der Waals surface area (Å²) in [7, 11) is 0. The zero-order valence-electron chi connectivity index (χ0n) is 9.79. The van der Waals surface area contributed by atoms with Gasteiger partial charge in [-0.3, -0.25) is 4.98 Å². The quantitative estimate of drug-likeness (QED) is 0.727. The number of aryl methyl sites for hydroxylation is 1. The molecule has 0 saturated carbocycles. The summed E-state index contributed by atoms with van der Waals surface area (Å²) >= 11 is 0. The van der Waals surface area contributed by atoms with Crippen molar-refractivity contribution >= 4 is 0 Å². The molecular weight excluding hydrogens is 188 g/mol. The molecule has 0 aromatic carbocycles. The van der Waals surface area contributed by atoms with Gasteiger partial charge in [-0.25, -0.2) is 0 Å². The number of rotatable bonds is 6. The van der Waals surface area contributed by atoms with Gasteiger partial charge in [0.15, 0.2) is 0 Å². The summed E-state index contributed by atoms with van der Waals surface area (Å²) in [5, 5.41) is 3.32. The molecule has 15 heavy (non-hydrogen) atoms. The Hall–Kier alpha value is -1.09. The van der Waals surface area contributed by atoms with Crippen LogP contribution in [-0.2, 0) is 0 Å². The second kappa shape index (κ2) is 6.40. The zero-order valence-corrected chi connectivity index (χ0v) is 9.79. The fraction of sp³-hybridized carbons (Fsp3) is 0.583. The largest absolute Gasteiger partial charge is 0.488 e. The van der Waals surface area contributed by atoms with Crippen LogP contribution in [0.1, 0.15) is 26.0 Å². The molecule has 1 aromatic heterocycles. The lowest BCUT2D eigenvalue weighted by atomic mass is 10.3. The highest BCUT2D eigenvalue weighted by molar-refractivity contribution is 5.19. The van der Waals surface area contributed by atoms with E-state index in [0.29, 0.717) is 0 Å². The molecule has 1 unspecified atom stereocenters. The number of nitrogens with zero attached hydrogens (tertiary/aromatic N) is 1. The maximum Gasteiger partial charge on any atom is 0.138 e. The van der Waals surface area contributed by atoms with E-state index in [2.05, 4.69) is 24.1 Å². The molecule has 0 fully saturated rings. The van der Waals surface area contributed by atoms with Crippen molar-refractivity contribution in [2.75, 3.05) is 13.1 Å². The third kappa shape index (κ3) is 4.79. The molecule has 3 heteroatoms. The van der Waals surface area contributed by atoms with E-state index in [1.807, 2.05) is 19.1 Å². The predicted molar refractivity (Wildman–Crippen MR) is 62.2 cm³/mol. The monoisotopic (exact) mass is 208 g/mol. The number of hydrogen-bond acceptors (Lipinski definition) is 3. The normalized spacial score (nSPS) is 12.5. The molecule has 0 aliphatic carbocycles. The fourth-order valence-electron chi connectivity index (χ4n) is 1.28. The summed E-state index contributed by atoms with van der Waals surface area (Å²) in [6.07, 6.45) is 3.10. The Bertz CT molecular complexity index is 271. The van der Waals surface area contributed by atoms with Crippen molar-refractivity contribution in [1.82, 2.24) is 10.3 Å². The van der Waals surface area contributed by atoms with Gasteiger partial charge in [0, 0.05) is 12.2 Å². The highest BCUT2D eigenvalue weighted by Gasteiger charge is 2.02. The average Bonchev–Trinajstić information content (AvgIpc) is 2.22. The van der Waals surface area contributed by atoms with Crippen molar-refractivity contribution in [1.29, 1.82) is 0 Å². The number of pyridine rings is 1. The van der Waals surface area contributed by atoms with Crippen molar-refractivity contribution < 1.29 is 4.74 Å². The summed E-state index contributed by atoms with van der Waals surface area (Å²) in [5.41, 5.74) is 1.01. The van der Waals surface area contributed by atoms with Crippen LogP contribution in [0.4, 0.5) is 0 Å². The van der Waals surface area contributed by atoms with Crippen LogP contribution in [-0.4, -0.2) is 24.2 Å². The van der Waals surface area contributed by atoms with Crippen LogP contribution >= 0.6 is 0 Å². The highest BCUT2D eigenvalue weighted by atomic mass is 16.5. The second-order valence-electron chi connectivity index (χ2n) is 3.77. The molecule has 1 atom stereocenters. The maximum atomic E-state index is 5.69. The molecule has 0 radical (unpaired) electrons. The van der Waals surface area contributed by atoms with Gasteiger partial charge in [0.25, 0.3) is 0 Å². The minimum absolute atomic E-state index is 0.182. The summed E-state index contributed by atoms with van der Waals surface area (Å²) in [4.78, 5) is 4.18. The lowest BCUT2D eigenvalue weighted by molar-refractivity contribution is 0.216. The lowest BCUT2D eigenvalue weighted by Gasteiger charge is -2.14. The lowest BCUT2D eigenvalue weighted by Crippen LogP contribution is -2.29. The van der Waals surface area contributed by atoms with Gasteiger partial charge in [0.1, 0.15) is 11.9 Å². The smallest absolute Gasteiger partial charge is 0.138 e. The number of ether oxygens (including phenoxy) is 1. The molecule has 1 N–H and O–H groups in total. The van der Waals surface area contributed by atoms with Gasteiger partial charge in [-0.1, -0.05) is 6.92 Å². The van der Waals surface area contributed by atoms with E-state index >= 15 is 0 Å². The highest BCUT2D eigenvalue weighted by Crippen LogP contribution is 2.10. The summed E-state index contributed by atoms with van der Waals surface area (Å²) in [6.45, 7) is 8.10. The van der Waals surface area contributed by atoms with Crippen molar-refractivity contribution in [2.45, 2.75) is 33.3 Å². The summed E-state index contributed by atoms with van der Waals surface area (Å²) in [6, 6.07) is 3.92. The van der Waals surface area contributed by atoms with Crippen molar-refractivity contribution in [3.63, 3.8) is 0 Å². The SMILES string of the molecule is CCCNCC(C)Oc1ccc(C)nc1. The van der Waals surface area contributed by atoms with Crippen LogP contribution in [0.5, 0.6) is 5.75 Å². The molecule has 3 nitrogen and oxygen atoms in total. The minimum atomic E-state index is 0.182. The first-order valence-electron chi connectivity index (χ1n) is 5.52. The van der Waals surface area contributed by atoms with Gasteiger partial charge in [0.2, 0.25) is 0 Å². The zero-order chi connectivity index (χ0) is 11.1. The van der Waals surface area contributed by atoms with Gasteiger partial charge in [-0.05, 0) is 38.9 Å². The minimum Gasteiger partial charge on any atom is -0.488 e. The van der Waals surface area contributed by atoms with Gasteiger partial charge in [-0.2, -0.15) is 0 Å². The van der Waals surface area contributed by atoms with E-state index in [0.717, 1.165) is 31.0 Å². The number of aromatic nitrogens is 1. The van der Waals surface area contributed by atoms with Crippen LogP contribution in [0.15, 0.2) is 18.3 Å². The van der Waals surface area contributed by atoms with Crippen LogP contribution in [0.2, 0.25) is 0 Å². The van der Waals surface area contributed by atoms with Gasteiger partial charge in [-0.15, -0.1) is 0 Å². The van der Waals surface area contributed by atoms with Crippen LogP contribution in [0, 0.1) is 6.92 Å². The van der Waals surface area contributed by atoms with E-state index in [4.69, 9.17) is 4.74 Å². The Morgan fingerprint density at radius 2 is 2.27 bits per heavy atom. The van der Waals surface area contributed by atoms with Gasteiger partial charge < -0.3 is 10.1 Å². The van der Waals surface area contributed by atoms with Crippen LogP contribution < -0.4 is 10.1 Å².